The number of nitrogens with two attached hydrogens (primary N) is 1. The Morgan fingerprint density at radius 3 is 1.86 bits per heavy atom. The van der Waals surface area contributed by atoms with Gasteiger partial charge in [0.05, 0.1) is 13.1 Å². The van der Waals surface area contributed by atoms with Gasteiger partial charge in [-0.3, -0.25) is 4.79 Å². The number of thiophene rings is 2. The number of nitrogens with zero attached hydrogens (tertiary/aromatic N) is 2. The predicted molar refractivity (Wildman–Crippen MR) is 165 cm³/mol. The van der Waals surface area contributed by atoms with Gasteiger partial charge in [-0.15, -0.1) is 22.7 Å². The molecule has 0 fully saturated rings. The van der Waals surface area contributed by atoms with Crippen molar-refractivity contribution in [3.05, 3.63) is 117 Å². The van der Waals surface area contributed by atoms with E-state index in [1.807, 2.05) is 95.7 Å². The van der Waals surface area contributed by atoms with Gasteiger partial charge in [0.1, 0.15) is 6.61 Å². The molecule has 2 aromatic heterocycles. The maximum Gasteiger partial charge on any atom is 0.410 e. The van der Waals surface area contributed by atoms with Crippen LogP contribution in [0.2, 0.25) is 0 Å². The first kappa shape index (κ1) is 30.8. The third kappa shape index (κ3) is 10.0. The van der Waals surface area contributed by atoms with Crippen molar-refractivity contribution in [1.82, 2.24) is 9.80 Å². The summed E-state index contributed by atoms with van der Waals surface area (Å²) < 4.78 is 10.9. The van der Waals surface area contributed by atoms with Crippen molar-refractivity contribution < 1.29 is 23.9 Å². The summed E-state index contributed by atoms with van der Waals surface area (Å²) in [6.07, 6.45) is -1.03. The Balaban J connectivity index is 1.37. The lowest BCUT2D eigenvalue weighted by molar-refractivity contribution is -0.141. The summed E-state index contributed by atoms with van der Waals surface area (Å²) in [5.74, 6) is -0.293. The van der Waals surface area contributed by atoms with Crippen molar-refractivity contribution in [3.8, 4) is 0 Å². The zero-order valence-electron chi connectivity index (χ0n) is 23.3. The number of carbonyl (C=O) groups excluding carboxylic acids is 3. The number of primary amides is 1. The molecule has 220 valence electrons. The Labute approximate surface area is 254 Å². The first-order valence-electron chi connectivity index (χ1n) is 13.8. The molecular weight excluding hydrogens is 571 g/mol. The van der Waals surface area contributed by atoms with Gasteiger partial charge in [-0.05, 0) is 53.3 Å². The molecule has 0 saturated heterocycles. The third-order valence-electron chi connectivity index (χ3n) is 6.52. The first-order valence-corrected chi connectivity index (χ1v) is 15.5. The molecule has 42 heavy (non-hydrogen) atoms. The zero-order chi connectivity index (χ0) is 29.6. The second-order valence-electron chi connectivity index (χ2n) is 9.72. The molecule has 2 heterocycles. The van der Waals surface area contributed by atoms with Crippen molar-refractivity contribution in [2.24, 2.45) is 5.73 Å². The van der Waals surface area contributed by atoms with E-state index >= 15 is 0 Å². The minimum absolute atomic E-state index is 0.179. The van der Waals surface area contributed by atoms with Gasteiger partial charge < -0.3 is 25.0 Å². The van der Waals surface area contributed by atoms with E-state index in [1.54, 1.807) is 32.5 Å². The fraction of sp³-hybridized carbons (Fsp3) is 0.281. The van der Waals surface area contributed by atoms with E-state index in [1.165, 1.54) is 0 Å². The van der Waals surface area contributed by atoms with Crippen molar-refractivity contribution in [3.63, 3.8) is 0 Å². The molecule has 2 N–H and O–H groups in total. The van der Waals surface area contributed by atoms with Crippen LogP contribution in [-0.4, -0.2) is 40.5 Å². The molecule has 4 rings (SSSR count). The van der Waals surface area contributed by atoms with Gasteiger partial charge >= 0.3 is 12.2 Å². The van der Waals surface area contributed by atoms with Crippen molar-refractivity contribution in [2.45, 2.75) is 51.6 Å². The number of carbonyl (C=O) groups is 3. The average Bonchev–Trinajstić information content (AvgIpc) is 3.72. The summed E-state index contributed by atoms with van der Waals surface area (Å²) in [6.45, 7) is 1.80. The lowest BCUT2D eigenvalue weighted by Gasteiger charge is -2.27. The van der Waals surface area contributed by atoms with Crippen LogP contribution in [0, 0.1) is 0 Å². The number of rotatable bonds is 15. The van der Waals surface area contributed by atoms with Crippen LogP contribution in [-0.2, 0) is 40.5 Å². The van der Waals surface area contributed by atoms with E-state index in [4.69, 9.17) is 15.2 Å². The molecule has 0 aliphatic rings. The Morgan fingerprint density at radius 1 is 0.714 bits per heavy atom. The number of hydrogen-bond donors (Lipinski definition) is 1. The Morgan fingerprint density at radius 2 is 1.31 bits per heavy atom. The smallest absolute Gasteiger partial charge is 0.410 e. The summed E-state index contributed by atoms with van der Waals surface area (Å²) in [4.78, 5) is 43.9. The molecule has 0 aliphatic carbocycles. The lowest BCUT2D eigenvalue weighted by atomic mass is 10.1. The maximum atomic E-state index is 13.6. The highest BCUT2D eigenvalue weighted by Crippen LogP contribution is 2.20. The minimum atomic E-state index is -1.02. The summed E-state index contributed by atoms with van der Waals surface area (Å²) in [5, 5.41) is 3.93. The maximum absolute atomic E-state index is 13.6. The molecule has 1 atom stereocenters. The topological polar surface area (TPSA) is 102 Å². The third-order valence-corrected chi connectivity index (χ3v) is 8.25. The summed E-state index contributed by atoms with van der Waals surface area (Å²) >= 11 is 3.13. The van der Waals surface area contributed by atoms with Crippen LogP contribution in [0.1, 0.15) is 40.1 Å². The van der Waals surface area contributed by atoms with E-state index in [-0.39, 0.29) is 18.9 Å². The molecule has 8 nitrogen and oxygen atoms in total. The van der Waals surface area contributed by atoms with Gasteiger partial charge in [-0.2, -0.15) is 0 Å². The number of hydrogen-bond acceptors (Lipinski definition) is 7. The lowest BCUT2D eigenvalue weighted by Crippen LogP contribution is -2.41. The van der Waals surface area contributed by atoms with Crippen LogP contribution >= 0.6 is 22.7 Å². The van der Waals surface area contributed by atoms with Crippen LogP contribution in [0.25, 0.3) is 0 Å². The Bertz CT molecular complexity index is 1330. The standard InChI is InChI=1S/C32H35N3O5S2/c33-31(37)40-29(30(36)35(22-27-15-9-19-41-27)23-28-16-10-20-42-28)17-7-8-18-34(21-25-11-3-1-4-12-25)32(38)39-24-26-13-5-2-6-14-26/h1-6,9-16,19-20,29H,7-8,17-18,21-24H2,(H2,33,37)/t29-/m0/s1. The number of amides is 3. The first-order chi connectivity index (χ1) is 20.5. The molecule has 0 aliphatic heterocycles. The van der Waals surface area contributed by atoms with Gasteiger partial charge in [0.15, 0.2) is 6.10 Å². The van der Waals surface area contributed by atoms with E-state index < -0.39 is 18.3 Å². The largest absolute Gasteiger partial charge is 0.445 e. The second-order valence-corrected chi connectivity index (χ2v) is 11.8. The number of unbranched alkanes of at least 4 members (excludes halogenated alkanes) is 1. The molecule has 4 aromatic rings. The highest BCUT2D eigenvalue weighted by molar-refractivity contribution is 7.10. The minimum Gasteiger partial charge on any atom is -0.445 e. The molecule has 0 spiro atoms. The van der Waals surface area contributed by atoms with Crippen LogP contribution in [0.3, 0.4) is 0 Å². The van der Waals surface area contributed by atoms with Gasteiger partial charge in [0, 0.05) is 22.8 Å². The number of benzene rings is 2. The average molecular weight is 606 g/mol. The SMILES string of the molecule is NC(=O)O[C@@H](CCCCN(Cc1ccccc1)C(=O)OCc1ccccc1)C(=O)N(Cc1cccs1)Cc1cccs1. The molecule has 0 bridgehead atoms. The fourth-order valence-electron chi connectivity index (χ4n) is 4.45. The highest BCUT2D eigenvalue weighted by Gasteiger charge is 2.28. The van der Waals surface area contributed by atoms with Gasteiger partial charge in [-0.25, -0.2) is 9.59 Å². The Hall–Kier alpha value is -4.15. The molecular formula is C32H35N3O5S2. The van der Waals surface area contributed by atoms with E-state index in [2.05, 4.69) is 0 Å². The molecule has 10 heteroatoms. The predicted octanol–water partition coefficient (Wildman–Crippen LogP) is 6.81. The number of ether oxygens (including phenoxy) is 2. The van der Waals surface area contributed by atoms with E-state index in [0.717, 1.165) is 20.9 Å². The second kappa shape index (κ2) is 16.3. The van der Waals surface area contributed by atoms with Crippen LogP contribution in [0.5, 0.6) is 0 Å². The summed E-state index contributed by atoms with van der Waals surface area (Å²) in [7, 11) is 0. The highest BCUT2D eigenvalue weighted by atomic mass is 32.1. The summed E-state index contributed by atoms with van der Waals surface area (Å²) in [6, 6.07) is 27.1. The van der Waals surface area contributed by atoms with Crippen LogP contribution in [0.15, 0.2) is 95.7 Å². The van der Waals surface area contributed by atoms with Crippen molar-refractivity contribution >= 4 is 40.8 Å². The molecule has 3 amide bonds. The molecule has 0 radical (unpaired) electrons. The van der Waals surface area contributed by atoms with Crippen LogP contribution < -0.4 is 5.73 Å². The van der Waals surface area contributed by atoms with E-state index in [0.29, 0.717) is 39.0 Å². The van der Waals surface area contributed by atoms with Gasteiger partial charge in [0.2, 0.25) is 0 Å². The summed E-state index contributed by atoms with van der Waals surface area (Å²) in [5.41, 5.74) is 7.26. The van der Waals surface area contributed by atoms with Crippen molar-refractivity contribution in [2.75, 3.05) is 6.54 Å². The van der Waals surface area contributed by atoms with Crippen LogP contribution in [0.4, 0.5) is 9.59 Å². The normalized spacial score (nSPS) is 11.4. The molecule has 0 saturated carbocycles. The van der Waals surface area contributed by atoms with Gasteiger partial charge in [0.25, 0.3) is 5.91 Å². The molecule has 2 aromatic carbocycles. The molecule has 0 unspecified atom stereocenters. The Kier molecular flexibility index (Phi) is 12.0. The fourth-order valence-corrected chi connectivity index (χ4v) is 5.89. The van der Waals surface area contributed by atoms with E-state index in [9.17, 15) is 14.4 Å². The van der Waals surface area contributed by atoms with Gasteiger partial charge in [-0.1, -0.05) is 72.8 Å². The van der Waals surface area contributed by atoms with Crippen molar-refractivity contribution in [1.29, 1.82) is 0 Å². The zero-order valence-corrected chi connectivity index (χ0v) is 24.9. The monoisotopic (exact) mass is 605 g/mol. The quantitative estimate of drug-likeness (QED) is 0.150.